The van der Waals surface area contributed by atoms with Crippen LogP contribution in [0.25, 0.3) is 22.5 Å². The van der Waals surface area contributed by atoms with Crippen molar-refractivity contribution in [3.8, 4) is 22.5 Å². The SMILES string of the molecule is CC(C)(C)c1ccc(-c2cnc(-c3ccc(CC(NC(=O)c4ncc(C(C)(C)C)s4)C(=O)O)cc3)nc2)cc1. The van der Waals surface area contributed by atoms with Gasteiger partial charge < -0.3 is 10.4 Å². The summed E-state index contributed by atoms with van der Waals surface area (Å²) >= 11 is 1.28. The zero-order valence-electron chi connectivity index (χ0n) is 23.1. The molecule has 0 saturated heterocycles. The maximum Gasteiger partial charge on any atom is 0.326 e. The number of hydrogen-bond donors (Lipinski definition) is 2. The lowest BCUT2D eigenvalue weighted by atomic mass is 9.86. The number of carbonyl (C=O) groups excluding carboxylic acids is 1. The fourth-order valence-electron chi connectivity index (χ4n) is 3.96. The molecule has 0 bridgehead atoms. The molecule has 2 aromatic heterocycles. The standard InChI is InChI=1S/C31H34N4O3S/c1-30(2,3)23-13-11-20(12-14-23)22-16-32-26(33-17-22)21-9-7-19(8-10-21)15-24(29(37)38)35-27(36)28-34-18-25(39-28)31(4,5)6/h7-14,16-18,24H,15H2,1-6H3,(H,35,36)(H,37,38). The van der Waals surface area contributed by atoms with E-state index in [1.54, 1.807) is 6.20 Å². The Hall–Kier alpha value is -3.91. The number of nitrogens with zero attached hydrogens (tertiary/aromatic N) is 3. The van der Waals surface area contributed by atoms with E-state index in [0.29, 0.717) is 5.82 Å². The van der Waals surface area contributed by atoms with Crippen LogP contribution < -0.4 is 5.32 Å². The zero-order valence-corrected chi connectivity index (χ0v) is 24.0. The number of hydrogen-bond acceptors (Lipinski definition) is 6. The number of benzene rings is 2. The number of carbonyl (C=O) groups is 2. The largest absolute Gasteiger partial charge is 0.480 e. The Morgan fingerprint density at radius 1 is 0.795 bits per heavy atom. The van der Waals surface area contributed by atoms with Crippen LogP contribution in [0.2, 0.25) is 0 Å². The summed E-state index contributed by atoms with van der Waals surface area (Å²) in [5.74, 6) is -1.01. The highest BCUT2D eigenvalue weighted by atomic mass is 32.1. The smallest absolute Gasteiger partial charge is 0.326 e. The van der Waals surface area contributed by atoms with Crippen LogP contribution in [0.4, 0.5) is 0 Å². The average molecular weight is 543 g/mol. The first kappa shape index (κ1) is 28.1. The van der Waals surface area contributed by atoms with Crippen LogP contribution in [-0.2, 0) is 22.0 Å². The molecule has 0 fully saturated rings. The molecule has 4 aromatic rings. The molecule has 1 atom stereocenters. The second-order valence-electron chi connectivity index (χ2n) is 11.7. The predicted molar refractivity (Wildman–Crippen MR) is 155 cm³/mol. The van der Waals surface area contributed by atoms with Gasteiger partial charge in [0.15, 0.2) is 10.8 Å². The summed E-state index contributed by atoms with van der Waals surface area (Å²) in [5.41, 5.74) is 4.82. The highest BCUT2D eigenvalue weighted by Crippen LogP contribution is 2.28. The summed E-state index contributed by atoms with van der Waals surface area (Å²) in [5, 5.41) is 12.6. The first-order chi connectivity index (χ1) is 18.3. The van der Waals surface area contributed by atoms with Gasteiger partial charge in [0.1, 0.15) is 6.04 Å². The molecule has 2 aromatic carbocycles. The number of amides is 1. The molecule has 0 aliphatic carbocycles. The molecule has 2 N–H and O–H groups in total. The minimum absolute atomic E-state index is 0.0958. The van der Waals surface area contributed by atoms with E-state index in [9.17, 15) is 14.7 Å². The summed E-state index contributed by atoms with van der Waals surface area (Å²) in [7, 11) is 0. The molecular weight excluding hydrogens is 508 g/mol. The van der Waals surface area contributed by atoms with Gasteiger partial charge in [-0.05, 0) is 27.5 Å². The van der Waals surface area contributed by atoms with Crippen molar-refractivity contribution in [3.05, 3.63) is 88.1 Å². The van der Waals surface area contributed by atoms with E-state index in [2.05, 4.69) is 65.3 Å². The number of carboxylic acids is 1. The van der Waals surface area contributed by atoms with Crippen molar-refractivity contribution < 1.29 is 14.7 Å². The Morgan fingerprint density at radius 2 is 1.38 bits per heavy atom. The number of nitrogens with one attached hydrogen (secondary N) is 1. The normalized spacial score (nSPS) is 12.7. The first-order valence-corrected chi connectivity index (χ1v) is 13.6. The second kappa shape index (κ2) is 11.1. The van der Waals surface area contributed by atoms with Crippen molar-refractivity contribution in [2.24, 2.45) is 0 Å². The van der Waals surface area contributed by atoms with Gasteiger partial charge in [0.25, 0.3) is 5.91 Å². The molecule has 39 heavy (non-hydrogen) atoms. The molecule has 1 unspecified atom stereocenters. The fourth-order valence-corrected chi connectivity index (χ4v) is 4.84. The van der Waals surface area contributed by atoms with Gasteiger partial charge in [-0.3, -0.25) is 4.79 Å². The van der Waals surface area contributed by atoms with E-state index in [0.717, 1.165) is 27.1 Å². The van der Waals surface area contributed by atoms with Crippen LogP contribution in [0.1, 0.15) is 67.3 Å². The molecule has 8 heteroatoms. The Morgan fingerprint density at radius 3 is 1.90 bits per heavy atom. The lowest BCUT2D eigenvalue weighted by molar-refractivity contribution is -0.139. The quantitative estimate of drug-likeness (QED) is 0.284. The summed E-state index contributed by atoms with van der Waals surface area (Å²) in [4.78, 5) is 38.8. The van der Waals surface area contributed by atoms with Gasteiger partial charge in [0.05, 0.1) is 0 Å². The maximum absolute atomic E-state index is 12.7. The molecule has 0 aliphatic heterocycles. The lowest BCUT2D eigenvalue weighted by Gasteiger charge is -2.19. The monoisotopic (exact) mass is 542 g/mol. The minimum Gasteiger partial charge on any atom is -0.480 e. The molecular formula is C31H34N4O3S. The highest BCUT2D eigenvalue weighted by Gasteiger charge is 2.25. The van der Waals surface area contributed by atoms with Crippen molar-refractivity contribution in [1.82, 2.24) is 20.3 Å². The van der Waals surface area contributed by atoms with Gasteiger partial charge in [-0.1, -0.05) is 90.1 Å². The minimum atomic E-state index is -1.10. The molecule has 4 rings (SSSR count). The number of aromatic nitrogens is 3. The Labute approximate surface area is 233 Å². The number of aliphatic carboxylic acids is 1. The number of carboxylic acid groups (broad SMARTS) is 1. The molecule has 0 radical (unpaired) electrons. The Kier molecular flexibility index (Phi) is 7.97. The van der Waals surface area contributed by atoms with Crippen LogP contribution in [-0.4, -0.2) is 38.0 Å². The third-order valence-electron chi connectivity index (χ3n) is 6.43. The van der Waals surface area contributed by atoms with Crippen LogP contribution in [0.3, 0.4) is 0 Å². The van der Waals surface area contributed by atoms with Crippen molar-refractivity contribution in [3.63, 3.8) is 0 Å². The third kappa shape index (κ3) is 6.95. The zero-order chi connectivity index (χ0) is 28.4. The van der Waals surface area contributed by atoms with E-state index >= 15 is 0 Å². The fraction of sp³-hybridized carbons (Fsp3) is 0.323. The van der Waals surface area contributed by atoms with Crippen molar-refractivity contribution in [2.75, 3.05) is 0 Å². The van der Waals surface area contributed by atoms with Crippen molar-refractivity contribution >= 4 is 23.2 Å². The molecule has 0 aliphatic rings. The highest BCUT2D eigenvalue weighted by molar-refractivity contribution is 7.13. The molecule has 202 valence electrons. The third-order valence-corrected chi connectivity index (χ3v) is 7.85. The Balaban J connectivity index is 1.42. The summed E-state index contributed by atoms with van der Waals surface area (Å²) in [6.07, 6.45) is 5.43. The molecule has 2 heterocycles. The second-order valence-corrected chi connectivity index (χ2v) is 12.7. The average Bonchev–Trinajstić information content (AvgIpc) is 3.40. The maximum atomic E-state index is 12.7. The van der Waals surface area contributed by atoms with Gasteiger partial charge >= 0.3 is 5.97 Å². The van der Waals surface area contributed by atoms with Gasteiger partial charge in [-0.25, -0.2) is 19.7 Å². The van der Waals surface area contributed by atoms with E-state index in [1.807, 2.05) is 57.4 Å². The molecule has 7 nitrogen and oxygen atoms in total. The van der Waals surface area contributed by atoms with Crippen molar-refractivity contribution in [1.29, 1.82) is 0 Å². The Bertz CT molecular complexity index is 1450. The van der Waals surface area contributed by atoms with Crippen LogP contribution >= 0.6 is 11.3 Å². The summed E-state index contributed by atoms with van der Waals surface area (Å²) < 4.78 is 0. The van der Waals surface area contributed by atoms with Gasteiger partial charge in [-0.15, -0.1) is 11.3 Å². The molecule has 1 amide bonds. The number of rotatable bonds is 7. The topological polar surface area (TPSA) is 105 Å². The molecule has 0 spiro atoms. The molecule has 0 saturated carbocycles. The van der Waals surface area contributed by atoms with Crippen LogP contribution in [0.5, 0.6) is 0 Å². The number of thiazole rings is 1. The van der Waals surface area contributed by atoms with E-state index in [1.165, 1.54) is 16.9 Å². The van der Waals surface area contributed by atoms with Gasteiger partial charge in [-0.2, -0.15) is 0 Å². The lowest BCUT2D eigenvalue weighted by Crippen LogP contribution is -2.42. The van der Waals surface area contributed by atoms with Crippen LogP contribution in [0, 0.1) is 0 Å². The summed E-state index contributed by atoms with van der Waals surface area (Å²) in [6.45, 7) is 12.7. The van der Waals surface area contributed by atoms with Crippen LogP contribution in [0.15, 0.2) is 67.1 Å². The predicted octanol–water partition coefficient (Wildman–Crippen LogP) is 6.29. The van der Waals surface area contributed by atoms with Gasteiger partial charge in [0.2, 0.25) is 0 Å². The van der Waals surface area contributed by atoms with Crippen molar-refractivity contribution in [2.45, 2.75) is 64.8 Å². The summed E-state index contributed by atoms with van der Waals surface area (Å²) in [6, 6.07) is 14.8. The van der Waals surface area contributed by atoms with E-state index in [4.69, 9.17) is 0 Å². The first-order valence-electron chi connectivity index (χ1n) is 12.8. The van der Waals surface area contributed by atoms with E-state index < -0.39 is 17.9 Å². The van der Waals surface area contributed by atoms with Gasteiger partial charge in [0, 0.05) is 41.0 Å². The van der Waals surface area contributed by atoms with E-state index in [-0.39, 0.29) is 22.3 Å².